The number of likely N-dealkylation sites (tertiary alicyclic amines) is 1. The molecule has 2 aliphatic heterocycles. The summed E-state index contributed by atoms with van der Waals surface area (Å²) in [7, 11) is 1.56. The lowest BCUT2D eigenvalue weighted by atomic mass is 9.79. The van der Waals surface area contributed by atoms with Gasteiger partial charge in [-0.3, -0.25) is 19.2 Å². The number of hydrogen-bond acceptors (Lipinski definition) is 5. The standard InChI is InChI=1S/C28H31N5O5/c1-15(2)11-21(31-25(35)20-12-16-18(30-20)9-6-10-23(16)38-3)26(36)33-14-28(13-22(33)24(29)34)17-7-4-5-8-19(17)32-27(28)37/h4-10,12,15,21-22,30H,11,13-14H2,1-3H3,(H2,29,34)(H,31,35)(H,32,37)/t21?,22-,28-/m0/s1. The number of amides is 4. The summed E-state index contributed by atoms with van der Waals surface area (Å²) in [5.41, 5.74) is 7.06. The van der Waals surface area contributed by atoms with E-state index in [0.717, 1.165) is 16.5 Å². The van der Waals surface area contributed by atoms with E-state index in [1.165, 1.54) is 4.90 Å². The van der Waals surface area contributed by atoms with Gasteiger partial charge in [0.15, 0.2) is 0 Å². The molecule has 0 saturated carbocycles. The number of ether oxygens (including phenoxy) is 1. The molecule has 5 rings (SSSR count). The molecule has 4 amide bonds. The Balaban J connectivity index is 1.44. The van der Waals surface area contributed by atoms with Gasteiger partial charge in [-0.25, -0.2) is 0 Å². The maximum Gasteiger partial charge on any atom is 0.268 e. The van der Waals surface area contributed by atoms with Gasteiger partial charge in [0.1, 0.15) is 23.5 Å². The third-order valence-corrected chi connectivity index (χ3v) is 7.49. The molecule has 0 bridgehead atoms. The number of nitrogens with one attached hydrogen (secondary N) is 3. The molecule has 3 atom stereocenters. The molecule has 0 aliphatic carbocycles. The molecule has 0 radical (unpaired) electrons. The summed E-state index contributed by atoms with van der Waals surface area (Å²) in [4.78, 5) is 57.3. The van der Waals surface area contributed by atoms with Gasteiger partial charge in [-0.15, -0.1) is 0 Å². The fourth-order valence-corrected chi connectivity index (χ4v) is 5.68. The minimum Gasteiger partial charge on any atom is -0.496 e. The number of methoxy groups -OCH3 is 1. The van der Waals surface area contributed by atoms with Crippen molar-refractivity contribution in [3.63, 3.8) is 0 Å². The fraction of sp³-hybridized carbons (Fsp3) is 0.357. The average molecular weight is 518 g/mol. The number of carbonyl (C=O) groups is 4. The number of H-pyrrole nitrogens is 1. The summed E-state index contributed by atoms with van der Waals surface area (Å²) < 4.78 is 5.38. The van der Waals surface area contributed by atoms with Gasteiger partial charge in [0.2, 0.25) is 17.7 Å². The number of para-hydroxylation sites is 1. The number of primary amides is 1. The molecule has 2 aromatic carbocycles. The molecule has 5 N–H and O–H groups in total. The smallest absolute Gasteiger partial charge is 0.268 e. The van der Waals surface area contributed by atoms with Crippen molar-refractivity contribution in [3.05, 3.63) is 59.8 Å². The number of anilines is 1. The van der Waals surface area contributed by atoms with Crippen LogP contribution >= 0.6 is 0 Å². The number of benzene rings is 2. The minimum absolute atomic E-state index is 0.00363. The van der Waals surface area contributed by atoms with Crippen molar-refractivity contribution in [1.29, 1.82) is 0 Å². The van der Waals surface area contributed by atoms with Crippen LogP contribution in [0.15, 0.2) is 48.5 Å². The van der Waals surface area contributed by atoms with Gasteiger partial charge in [-0.1, -0.05) is 38.1 Å². The van der Waals surface area contributed by atoms with Crippen LogP contribution in [0.5, 0.6) is 5.75 Å². The Morgan fingerprint density at radius 3 is 2.66 bits per heavy atom. The van der Waals surface area contributed by atoms with Crippen LogP contribution in [0.1, 0.15) is 42.7 Å². The first-order chi connectivity index (χ1) is 18.1. The first-order valence-electron chi connectivity index (χ1n) is 12.6. The Morgan fingerprint density at radius 1 is 1.18 bits per heavy atom. The lowest BCUT2D eigenvalue weighted by Gasteiger charge is -2.29. The first-order valence-corrected chi connectivity index (χ1v) is 12.6. The van der Waals surface area contributed by atoms with Crippen molar-refractivity contribution in [2.45, 2.75) is 44.2 Å². The van der Waals surface area contributed by atoms with Gasteiger partial charge in [0.25, 0.3) is 5.91 Å². The molecule has 1 spiro atoms. The summed E-state index contributed by atoms with van der Waals surface area (Å²) in [6.07, 6.45) is 0.424. The molecule has 3 aromatic rings. The zero-order valence-electron chi connectivity index (χ0n) is 21.5. The van der Waals surface area contributed by atoms with E-state index < -0.39 is 35.2 Å². The van der Waals surface area contributed by atoms with Crippen LogP contribution in [0, 0.1) is 5.92 Å². The Kier molecular flexibility index (Phi) is 6.34. The predicted octanol–water partition coefficient (Wildman–Crippen LogP) is 2.30. The molecular formula is C28H31N5O5. The number of fused-ring (bicyclic) bond motifs is 3. The van der Waals surface area contributed by atoms with Gasteiger partial charge >= 0.3 is 0 Å². The monoisotopic (exact) mass is 517 g/mol. The van der Waals surface area contributed by atoms with Crippen molar-refractivity contribution in [3.8, 4) is 5.75 Å². The SMILES string of the molecule is COc1cccc2[nH]c(C(=O)NC(CC(C)C)C(=O)N3C[C@]4(C[C@H]3C(N)=O)C(=O)Nc3ccccc34)cc12. The third-order valence-electron chi connectivity index (χ3n) is 7.49. The molecule has 10 heteroatoms. The quantitative estimate of drug-likeness (QED) is 0.380. The highest BCUT2D eigenvalue weighted by molar-refractivity contribution is 6.08. The number of aromatic amines is 1. The fourth-order valence-electron chi connectivity index (χ4n) is 5.68. The topological polar surface area (TPSA) is 147 Å². The Hall–Kier alpha value is -4.34. The Labute approximate surface area is 219 Å². The molecule has 1 aromatic heterocycles. The molecule has 1 saturated heterocycles. The highest BCUT2D eigenvalue weighted by atomic mass is 16.5. The lowest BCUT2D eigenvalue weighted by Crippen LogP contribution is -2.53. The van der Waals surface area contributed by atoms with Gasteiger partial charge in [-0.05, 0) is 48.6 Å². The van der Waals surface area contributed by atoms with Gasteiger partial charge in [-0.2, -0.15) is 0 Å². The van der Waals surface area contributed by atoms with Crippen LogP contribution in [0.2, 0.25) is 0 Å². The van der Waals surface area contributed by atoms with E-state index in [0.29, 0.717) is 17.9 Å². The van der Waals surface area contributed by atoms with E-state index in [1.54, 1.807) is 25.3 Å². The predicted molar refractivity (Wildman–Crippen MR) is 142 cm³/mol. The van der Waals surface area contributed by atoms with E-state index in [-0.39, 0.29) is 30.5 Å². The largest absolute Gasteiger partial charge is 0.496 e. The molecule has 1 unspecified atom stereocenters. The van der Waals surface area contributed by atoms with Crippen molar-refractivity contribution < 1.29 is 23.9 Å². The number of aromatic nitrogens is 1. The second kappa shape index (κ2) is 9.51. The van der Waals surface area contributed by atoms with E-state index in [4.69, 9.17) is 10.5 Å². The van der Waals surface area contributed by atoms with Crippen LogP contribution in [0.3, 0.4) is 0 Å². The number of rotatable bonds is 7. The zero-order valence-corrected chi connectivity index (χ0v) is 21.5. The van der Waals surface area contributed by atoms with Crippen LogP contribution in [0.4, 0.5) is 5.69 Å². The second-order valence-electron chi connectivity index (χ2n) is 10.4. The van der Waals surface area contributed by atoms with Gasteiger partial charge < -0.3 is 31.0 Å². The van der Waals surface area contributed by atoms with Crippen LogP contribution in [-0.4, -0.2) is 59.3 Å². The summed E-state index contributed by atoms with van der Waals surface area (Å²) in [5, 5.41) is 6.47. The number of hydrogen-bond donors (Lipinski definition) is 4. The van der Waals surface area contributed by atoms with Gasteiger partial charge in [0, 0.05) is 23.1 Å². The maximum atomic E-state index is 13.9. The van der Waals surface area contributed by atoms with E-state index in [9.17, 15) is 19.2 Å². The molecule has 198 valence electrons. The lowest BCUT2D eigenvalue weighted by molar-refractivity contribution is -0.139. The van der Waals surface area contributed by atoms with Crippen molar-refractivity contribution in [1.82, 2.24) is 15.2 Å². The van der Waals surface area contributed by atoms with Crippen LogP contribution < -0.4 is 21.1 Å². The van der Waals surface area contributed by atoms with Crippen molar-refractivity contribution in [2.75, 3.05) is 19.0 Å². The number of nitrogens with two attached hydrogens (primary N) is 1. The zero-order chi connectivity index (χ0) is 27.2. The van der Waals surface area contributed by atoms with Gasteiger partial charge in [0.05, 0.1) is 12.5 Å². The highest BCUT2D eigenvalue weighted by Crippen LogP contribution is 2.46. The van der Waals surface area contributed by atoms with Crippen LogP contribution in [0.25, 0.3) is 10.9 Å². The Bertz CT molecular complexity index is 1450. The highest BCUT2D eigenvalue weighted by Gasteiger charge is 2.57. The first kappa shape index (κ1) is 25.3. The molecule has 1 fully saturated rings. The van der Waals surface area contributed by atoms with Crippen molar-refractivity contribution in [2.24, 2.45) is 11.7 Å². The van der Waals surface area contributed by atoms with Crippen molar-refractivity contribution >= 4 is 40.2 Å². The van der Waals surface area contributed by atoms with E-state index >= 15 is 0 Å². The molecule has 10 nitrogen and oxygen atoms in total. The maximum absolute atomic E-state index is 13.9. The van der Waals surface area contributed by atoms with E-state index in [1.807, 2.05) is 44.2 Å². The molecule has 38 heavy (non-hydrogen) atoms. The Morgan fingerprint density at radius 2 is 1.95 bits per heavy atom. The summed E-state index contributed by atoms with van der Waals surface area (Å²) in [6, 6.07) is 12.5. The minimum atomic E-state index is -1.08. The molecule has 2 aliphatic rings. The molecular weight excluding hydrogens is 486 g/mol. The third kappa shape index (κ3) is 4.15. The summed E-state index contributed by atoms with van der Waals surface area (Å²) in [6.45, 7) is 3.88. The normalized spacial score (nSPS) is 21.0. The van der Waals surface area contributed by atoms with Crippen LogP contribution in [-0.2, 0) is 19.8 Å². The summed E-state index contributed by atoms with van der Waals surface area (Å²) >= 11 is 0. The van der Waals surface area contributed by atoms with E-state index in [2.05, 4.69) is 15.6 Å². The second-order valence-corrected chi connectivity index (χ2v) is 10.4. The summed E-state index contributed by atoms with van der Waals surface area (Å²) in [5.74, 6) is -1.18. The average Bonchev–Trinajstić information content (AvgIpc) is 3.58. The molecule has 3 heterocycles. The number of carbonyl (C=O) groups excluding carboxylic acids is 4. The number of nitrogens with zero attached hydrogens (tertiary/aromatic N) is 1.